The zero-order valence-corrected chi connectivity index (χ0v) is 6.04. The van der Waals surface area contributed by atoms with Crippen LogP contribution in [0.1, 0.15) is 6.92 Å². The van der Waals surface area contributed by atoms with E-state index in [4.69, 9.17) is 10.4 Å². The summed E-state index contributed by atoms with van der Waals surface area (Å²) in [5.74, 6) is 0.941. The fourth-order valence-corrected chi connectivity index (χ4v) is 0.487. The molecule has 0 aliphatic heterocycles. The predicted molar refractivity (Wildman–Crippen MR) is 34.8 cm³/mol. The van der Waals surface area contributed by atoms with E-state index >= 15 is 0 Å². The minimum absolute atomic E-state index is 0.469. The Morgan fingerprint density at radius 3 is 2.78 bits per heavy atom. The molecule has 5 heteroatoms. The van der Waals surface area contributed by atoms with E-state index in [1.54, 1.807) is 6.92 Å². The molecule has 0 aromatic heterocycles. The standard InChI is InChI=1S/C4H10NO3P/c1-2-8-3-4-9(5,6)7/h3-4H,2H2,1H3,(H3,5,6,7)/b4-3+. The van der Waals surface area contributed by atoms with Gasteiger partial charge in [0.25, 0.3) is 7.52 Å². The van der Waals surface area contributed by atoms with Crippen molar-refractivity contribution in [2.45, 2.75) is 6.92 Å². The van der Waals surface area contributed by atoms with Gasteiger partial charge in [0.1, 0.15) is 0 Å². The second-order valence-corrected chi connectivity index (χ2v) is 3.06. The summed E-state index contributed by atoms with van der Waals surface area (Å²) in [4.78, 5) is 8.41. The van der Waals surface area contributed by atoms with Crippen LogP contribution in [0.5, 0.6) is 0 Å². The van der Waals surface area contributed by atoms with Crippen LogP contribution in [0, 0.1) is 0 Å². The molecule has 9 heavy (non-hydrogen) atoms. The average molecular weight is 151 g/mol. The van der Waals surface area contributed by atoms with Gasteiger partial charge in [-0.25, -0.2) is 0 Å². The van der Waals surface area contributed by atoms with E-state index in [1.807, 2.05) is 0 Å². The fraction of sp³-hybridized carbons (Fsp3) is 0.500. The Balaban J connectivity index is 3.58. The van der Waals surface area contributed by atoms with Crippen molar-refractivity contribution in [1.82, 2.24) is 0 Å². The molecule has 1 atom stereocenters. The van der Waals surface area contributed by atoms with Crippen LogP contribution < -0.4 is 5.50 Å². The lowest BCUT2D eigenvalue weighted by Crippen LogP contribution is -1.87. The van der Waals surface area contributed by atoms with Crippen molar-refractivity contribution >= 4 is 7.52 Å². The third-order valence-corrected chi connectivity index (χ3v) is 1.09. The summed E-state index contributed by atoms with van der Waals surface area (Å²) in [5.41, 5.74) is 4.72. The van der Waals surface area contributed by atoms with E-state index in [1.165, 1.54) is 0 Å². The first-order valence-electron chi connectivity index (χ1n) is 2.46. The molecule has 0 saturated heterocycles. The van der Waals surface area contributed by atoms with E-state index in [-0.39, 0.29) is 0 Å². The number of ether oxygens (including phenoxy) is 1. The molecule has 0 saturated carbocycles. The Bertz CT molecular complexity index is 139. The van der Waals surface area contributed by atoms with Gasteiger partial charge in [-0.05, 0) is 6.92 Å². The first-order valence-corrected chi connectivity index (χ1v) is 4.26. The van der Waals surface area contributed by atoms with Crippen molar-refractivity contribution in [1.29, 1.82) is 0 Å². The maximum absolute atomic E-state index is 10.3. The van der Waals surface area contributed by atoms with Crippen molar-refractivity contribution in [3.05, 3.63) is 12.1 Å². The minimum Gasteiger partial charge on any atom is -0.501 e. The number of hydrogen-bond donors (Lipinski definition) is 2. The molecule has 0 aliphatic carbocycles. The average Bonchev–Trinajstić information content (AvgIpc) is 1.63. The van der Waals surface area contributed by atoms with E-state index < -0.39 is 7.52 Å². The maximum atomic E-state index is 10.3. The Hall–Kier alpha value is -0.310. The molecule has 0 amide bonds. The van der Waals surface area contributed by atoms with Gasteiger partial charge in [-0.15, -0.1) is 0 Å². The van der Waals surface area contributed by atoms with E-state index in [2.05, 4.69) is 4.74 Å². The molecule has 3 N–H and O–H groups in total. The van der Waals surface area contributed by atoms with Crippen LogP contribution >= 0.6 is 7.52 Å². The van der Waals surface area contributed by atoms with Crippen molar-refractivity contribution in [2.75, 3.05) is 6.61 Å². The molecule has 0 radical (unpaired) electrons. The Labute approximate surface area is 53.8 Å². The molecule has 0 rings (SSSR count). The lowest BCUT2D eigenvalue weighted by Gasteiger charge is -1.95. The van der Waals surface area contributed by atoms with Gasteiger partial charge in [0.15, 0.2) is 0 Å². The topological polar surface area (TPSA) is 72.5 Å². The summed E-state index contributed by atoms with van der Waals surface area (Å²) in [5, 5.41) is 0. The van der Waals surface area contributed by atoms with Gasteiger partial charge in [-0.1, -0.05) is 0 Å². The molecule has 0 aliphatic rings. The van der Waals surface area contributed by atoms with E-state index in [9.17, 15) is 4.57 Å². The van der Waals surface area contributed by atoms with Crippen LogP contribution in [-0.4, -0.2) is 11.5 Å². The molecule has 0 aromatic carbocycles. The molecular weight excluding hydrogens is 141 g/mol. The van der Waals surface area contributed by atoms with E-state index in [0.717, 1.165) is 12.1 Å². The first-order chi connectivity index (χ1) is 4.06. The normalized spacial score (nSPS) is 17.7. The number of hydrogen-bond acceptors (Lipinski definition) is 2. The summed E-state index contributed by atoms with van der Waals surface area (Å²) in [6, 6.07) is 0. The fourth-order valence-electron chi connectivity index (χ4n) is 0.226. The SMILES string of the molecule is CCO/C=C/P(N)(=O)O. The summed E-state index contributed by atoms with van der Waals surface area (Å²) in [6.07, 6.45) is 1.13. The zero-order valence-electron chi connectivity index (χ0n) is 5.15. The molecule has 1 unspecified atom stereocenters. The van der Waals surface area contributed by atoms with Gasteiger partial charge in [-0.2, -0.15) is 0 Å². The summed E-state index contributed by atoms with van der Waals surface area (Å²) in [7, 11) is -3.50. The van der Waals surface area contributed by atoms with Crippen molar-refractivity contribution in [3.63, 3.8) is 0 Å². The van der Waals surface area contributed by atoms with Crippen molar-refractivity contribution in [2.24, 2.45) is 5.50 Å². The molecular formula is C4H10NO3P. The van der Waals surface area contributed by atoms with Crippen LogP contribution in [0.15, 0.2) is 12.1 Å². The van der Waals surface area contributed by atoms with Gasteiger partial charge < -0.3 is 9.63 Å². The number of nitrogens with two attached hydrogens (primary N) is 1. The smallest absolute Gasteiger partial charge is 0.290 e. The first kappa shape index (κ1) is 8.69. The van der Waals surface area contributed by atoms with Crippen LogP contribution in [0.2, 0.25) is 0 Å². The van der Waals surface area contributed by atoms with E-state index in [0.29, 0.717) is 6.61 Å². The van der Waals surface area contributed by atoms with Crippen LogP contribution in [-0.2, 0) is 9.30 Å². The van der Waals surface area contributed by atoms with Crippen molar-refractivity contribution < 1.29 is 14.2 Å². The molecule has 0 bridgehead atoms. The summed E-state index contributed by atoms with van der Waals surface area (Å²) >= 11 is 0. The van der Waals surface area contributed by atoms with Gasteiger partial charge in [0, 0.05) is 5.82 Å². The highest BCUT2D eigenvalue weighted by molar-refractivity contribution is 7.58. The monoisotopic (exact) mass is 151 g/mol. The highest BCUT2D eigenvalue weighted by Gasteiger charge is 2.01. The largest absolute Gasteiger partial charge is 0.501 e. The predicted octanol–water partition coefficient (Wildman–Crippen LogP) is 0.638. The van der Waals surface area contributed by atoms with Crippen LogP contribution in [0.4, 0.5) is 0 Å². The van der Waals surface area contributed by atoms with Crippen molar-refractivity contribution in [3.8, 4) is 0 Å². The molecule has 0 spiro atoms. The second-order valence-electron chi connectivity index (χ2n) is 1.41. The Morgan fingerprint density at radius 1 is 1.89 bits per heavy atom. The molecule has 54 valence electrons. The Kier molecular flexibility index (Phi) is 3.54. The highest BCUT2D eigenvalue weighted by atomic mass is 31.2. The third kappa shape index (κ3) is 7.69. The van der Waals surface area contributed by atoms with Crippen LogP contribution in [0.25, 0.3) is 0 Å². The number of rotatable bonds is 3. The second kappa shape index (κ2) is 3.67. The van der Waals surface area contributed by atoms with Gasteiger partial charge in [0.05, 0.1) is 12.9 Å². The molecule has 0 heterocycles. The molecule has 0 aromatic rings. The zero-order chi connectivity index (χ0) is 7.33. The summed E-state index contributed by atoms with van der Waals surface area (Å²) in [6.45, 7) is 2.24. The minimum atomic E-state index is -3.50. The van der Waals surface area contributed by atoms with Gasteiger partial charge >= 0.3 is 0 Å². The molecule has 0 fully saturated rings. The summed E-state index contributed by atoms with van der Waals surface area (Å²) < 4.78 is 14.9. The highest BCUT2D eigenvalue weighted by Crippen LogP contribution is 2.30. The Morgan fingerprint density at radius 2 is 2.44 bits per heavy atom. The third-order valence-electron chi connectivity index (χ3n) is 0.537. The maximum Gasteiger partial charge on any atom is 0.290 e. The lowest BCUT2D eigenvalue weighted by atomic mass is 10.9. The lowest BCUT2D eigenvalue weighted by molar-refractivity contribution is 0.269. The molecule has 4 nitrogen and oxygen atoms in total. The van der Waals surface area contributed by atoms with Crippen LogP contribution in [0.3, 0.4) is 0 Å². The van der Waals surface area contributed by atoms with Gasteiger partial charge in [-0.3, -0.25) is 10.1 Å². The quantitative estimate of drug-likeness (QED) is 0.458. The van der Waals surface area contributed by atoms with Gasteiger partial charge in [0.2, 0.25) is 0 Å².